The van der Waals surface area contributed by atoms with Gasteiger partial charge in [-0.2, -0.15) is 5.10 Å². The van der Waals surface area contributed by atoms with Crippen LogP contribution in [-0.2, 0) is 17.9 Å². The molecule has 1 N–H and O–H groups in total. The van der Waals surface area contributed by atoms with Gasteiger partial charge in [0.2, 0.25) is 0 Å². The van der Waals surface area contributed by atoms with Gasteiger partial charge in [0.1, 0.15) is 0 Å². The van der Waals surface area contributed by atoms with E-state index in [0.717, 1.165) is 28.9 Å². The van der Waals surface area contributed by atoms with E-state index >= 15 is 0 Å². The van der Waals surface area contributed by atoms with Crippen LogP contribution in [0.25, 0.3) is 28.0 Å². The molecular weight excluding hydrogens is 366 g/mol. The molecule has 0 aliphatic carbocycles. The summed E-state index contributed by atoms with van der Waals surface area (Å²) in [6.07, 6.45) is 3.59. The number of aromatic nitrogens is 5. The highest BCUT2D eigenvalue weighted by atomic mass is 35.5. The zero-order valence-corrected chi connectivity index (χ0v) is 15.7. The fourth-order valence-electron chi connectivity index (χ4n) is 3.07. The number of aryl methyl sites for hydroxylation is 1. The summed E-state index contributed by atoms with van der Waals surface area (Å²) in [5.74, 6) is 0. The standard InChI is InChI=1S/C19H18ClN5O2/c1-3-24-10-13(9-21-24)15-8-17(26)25-19(22-15)18(16(23-25)11-27-2)12-4-6-14(20)7-5-12/h4-10,23H,3,11H2,1-2H3. The number of methoxy groups -OCH3 is 1. The lowest BCUT2D eigenvalue weighted by atomic mass is 10.1. The third-order valence-electron chi connectivity index (χ3n) is 4.37. The monoisotopic (exact) mass is 383 g/mol. The number of H-pyrrole nitrogens is 1. The van der Waals surface area contributed by atoms with E-state index in [1.165, 1.54) is 10.6 Å². The summed E-state index contributed by atoms with van der Waals surface area (Å²) < 4.78 is 8.54. The van der Waals surface area contributed by atoms with E-state index in [1.54, 1.807) is 18.0 Å². The van der Waals surface area contributed by atoms with Crippen LogP contribution >= 0.6 is 11.6 Å². The van der Waals surface area contributed by atoms with Crippen LogP contribution in [0.4, 0.5) is 0 Å². The Morgan fingerprint density at radius 1 is 1.22 bits per heavy atom. The molecule has 0 fully saturated rings. The summed E-state index contributed by atoms with van der Waals surface area (Å²) in [4.78, 5) is 17.5. The van der Waals surface area contributed by atoms with Crippen molar-refractivity contribution in [1.82, 2.24) is 24.4 Å². The quantitative estimate of drug-likeness (QED) is 0.573. The lowest BCUT2D eigenvalue weighted by molar-refractivity contribution is 0.181. The second-order valence-corrected chi connectivity index (χ2v) is 6.57. The molecule has 0 atom stereocenters. The summed E-state index contributed by atoms with van der Waals surface area (Å²) in [5.41, 5.74) is 4.21. The average Bonchev–Trinajstić information content (AvgIpc) is 3.28. The van der Waals surface area contributed by atoms with Crippen LogP contribution in [0.1, 0.15) is 12.6 Å². The summed E-state index contributed by atoms with van der Waals surface area (Å²) in [6, 6.07) is 8.92. The normalized spacial score (nSPS) is 11.4. The molecule has 0 radical (unpaired) electrons. The summed E-state index contributed by atoms with van der Waals surface area (Å²) in [7, 11) is 1.61. The number of hydrogen-bond acceptors (Lipinski definition) is 4. The van der Waals surface area contributed by atoms with E-state index in [0.29, 0.717) is 23.0 Å². The van der Waals surface area contributed by atoms with Crippen molar-refractivity contribution in [2.24, 2.45) is 0 Å². The molecule has 0 saturated heterocycles. The van der Waals surface area contributed by atoms with Crippen molar-refractivity contribution in [2.45, 2.75) is 20.1 Å². The number of nitrogens with zero attached hydrogens (tertiary/aromatic N) is 4. The molecule has 3 aromatic heterocycles. The van der Waals surface area contributed by atoms with Crippen LogP contribution in [0, 0.1) is 0 Å². The minimum atomic E-state index is -0.197. The van der Waals surface area contributed by atoms with Crippen LogP contribution < -0.4 is 5.56 Å². The van der Waals surface area contributed by atoms with Gasteiger partial charge in [0.05, 0.1) is 24.2 Å². The zero-order valence-electron chi connectivity index (χ0n) is 14.9. The molecule has 4 aromatic rings. The second-order valence-electron chi connectivity index (χ2n) is 6.13. The van der Waals surface area contributed by atoms with Crippen LogP contribution in [0.2, 0.25) is 5.02 Å². The fourth-order valence-corrected chi connectivity index (χ4v) is 3.20. The molecular formula is C19H18ClN5O2. The molecule has 3 heterocycles. The Labute approximate surface area is 160 Å². The maximum atomic E-state index is 12.7. The molecule has 0 saturated carbocycles. The van der Waals surface area contributed by atoms with Gasteiger partial charge >= 0.3 is 0 Å². The summed E-state index contributed by atoms with van der Waals surface area (Å²) >= 11 is 6.03. The smallest absolute Gasteiger partial charge is 0.273 e. The van der Waals surface area contributed by atoms with E-state index in [1.807, 2.05) is 37.4 Å². The third-order valence-corrected chi connectivity index (χ3v) is 4.62. The number of halogens is 1. The Bertz CT molecular complexity index is 1160. The van der Waals surface area contributed by atoms with Crippen molar-refractivity contribution in [3.8, 4) is 22.4 Å². The molecule has 27 heavy (non-hydrogen) atoms. The topological polar surface area (TPSA) is 77.2 Å². The number of fused-ring (bicyclic) bond motifs is 1. The zero-order chi connectivity index (χ0) is 19.0. The Morgan fingerprint density at radius 2 is 2.00 bits per heavy atom. The number of benzene rings is 1. The molecule has 0 amide bonds. The first-order valence-electron chi connectivity index (χ1n) is 8.53. The van der Waals surface area contributed by atoms with Crippen molar-refractivity contribution in [2.75, 3.05) is 7.11 Å². The van der Waals surface area contributed by atoms with Gasteiger partial charge in [-0.1, -0.05) is 23.7 Å². The van der Waals surface area contributed by atoms with Crippen molar-refractivity contribution in [3.05, 3.63) is 63.8 Å². The Morgan fingerprint density at radius 3 is 2.67 bits per heavy atom. The molecule has 1 aromatic carbocycles. The van der Waals surface area contributed by atoms with Crippen molar-refractivity contribution in [1.29, 1.82) is 0 Å². The highest BCUT2D eigenvalue weighted by molar-refractivity contribution is 6.30. The number of ether oxygens (including phenoxy) is 1. The Kier molecular flexibility index (Phi) is 4.55. The van der Waals surface area contributed by atoms with Crippen molar-refractivity contribution >= 4 is 17.2 Å². The van der Waals surface area contributed by atoms with Gasteiger partial charge in [0.25, 0.3) is 5.56 Å². The van der Waals surface area contributed by atoms with Gasteiger partial charge in [-0.15, -0.1) is 0 Å². The summed E-state index contributed by atoms with van der Waals surface area (Å²) in [5, 5.41) is 8.02. The lowest BCUT2D eigenvalue weighted by Gasteiger charge is -2.04. The first kappa shape index (κ1) is 17.5. The minimum Gasteiger partial charge on any atom is -0.378 e. The van der Waals surface area contributed by atoms with Crippen molar-refractivity contribution < 1.29 is 4.74 Å². The number of hydrogen-bond donors (Lipinski definition) is 1. The van der Waals surface area contributed by atoms with E-state index in [9.17, 15) is 4.79 Å². The minimum absolute atomic E-state index is 0.197. The van der Waals surface area contributed by atoms with Crippen molar-refractivity contribution in [3.63, 3.8) is 0 Å². The summed E-state index contributed by atoms with van der Waals surface area (Å²) in [6.45, 7) is 3.08. The van der Waals surface area contributed by atoms with E-state index < -0.39 is 0 Å². The molecule has 0 aliphatic rings. The highest BCUT2D eigenvalue weighted by Crippen LogP contribution is 2.29. The third kappa shape index (κ3) is 3.15. The lowest BCUT2D eigenvalue weighted by Crippen LogP contribution is -2.14. The number of nitrogens with one attached hydrogen (secondary N) is 1. The molecule has 4 rings (SSSR count). The first-order chi connectivity index (χ1) is 13.1. The van der Waals surface area contributed by atoms with E-state index in [-0.39, 0.29) is 5.56 Å². The first-order valence-corrected chi connectivity index (χ1v) is 8.91. The van der Waals surface area contributed by atoms with Crippen LogP contribution in [0.15, 0.2) is 47.5 Å². The number of aromatic amines is 1. The Hall–Kier alpha value is -2.90. The van der Waals surface area contributed by atoms with Crippen LogP contribution in [0.5, 0.6) is 0 Å². The largest absolute Gasteiger partial charge is 0.378 e. The van der Waals surface area contributed by atoms with Gasteiger partial charge in [0, 0.05) is 42.1 Å². The maximum absolute atomic E-state index is 12.7. The van der Waals surface area contributed by atoms with Gasteiger partial charge in [-0.25, -0.2) is 9.50 Å². The molecule has 138 valence electrons. The van der Waals surface area contributed by atoms with E-state index in [4.69, 9.17) is 21.3 Å². The van der Waals surface area contributed by atoms with Gasteiger partial charge < -0.3 is 4.74 Å². The molecule has 0 unspecified atom stereocenters. The molecule has 0 spiro atoms. The second kappa shape index (κ2) is 7.02. The SMILES string of the molecule is CCn1cc(-c2cc(=O)n3[nH]c(COC)c(-c4ccc(Cl)cc4)c3n2)cn1. The molecule has 0 aliphatic heterocycles. The van der Waals surface area contributed by atoms with Crippen LogP contribution in [-0.4, -0.2) is 31.5 Å². The van der Waals surface area contributed by atoms with Gasteiger partial charge in [0.15, 0.2) is 5.65 Å². The number of rotatable bonds is 5. The molecule has 8 heteroatoms. The predicted molar refractivity (Wildman–Crippen MR) is 104 cm³/mol. The highest BCUT2D eigenvalue weighted by Gasteiger charge is 2.18. The maximum Gasteiger partial charge on any atom is 0.273 e. The van der Waals surface area contributed by atoms with Gasteiger partial charge in [-0.05, 0) is 24.6 Å². The van der Waals surface area contributed by atoms with Gasteiger partial charge in [-0.3, -0.25) is 14.6 Å². The van der Waals surface area contributed by atoms with E-state index in [2.05, 4.69) is 10.2 Å². The predicted octanol–water partition coefficient (Wildman–Crippen LogP) is 3.37. The fraction of sp³-hybridized carbons (Fsp3) is 0.211. The molecule has 0 bridgehead atoms. The average molecular weight is 384 g/mol. The Balaban J connectivity index is 1.97. The molecule has 7 nitrogen and oxygen atoms in total. The van der Waals surface area contributed by atoms with Crippen LogP contribution in [0.3, 0.4) is 0 Å².